The summed E-state index contributed by atoms with van der Waals surface area (Å²) in [6.45, 7) is 3.70. The number of nitrogens with one attached hydrogen (secondary N) is 1. The molecule has 0 aromatic heterocycles. The molecular weight excluding hydrogens is 236 g/mol. The minimum absolute atomic E-state index is 0.122. The number of anilines is 1. The standard InChI is InChI=1S/C16H22N2O/c1-12-5-7-14(8-6-12)17-16(19)11-18-10-9-13-3-2-4-15(13)18/h5-8,13,15H,2-4,9-11H2,1H3,(H,17,19). The molecule has 0 bridgehead atoms. The van der Waals surface area contributed by atoms with Crippen LogP contribution in [0.3, 0.4) is 0 Å². The molecule has 2 atom stereocenters. The summed E-state index contributed by atoms with van der Waals surface area (Å²) in [6.07, 6.45) is 5.26. The quantitative estimate of drug-likeness (QED) is 0.904. The Labute approximate surface area is 115 Å². The summed E-state index contributed by atoms with van der Waals surface area (Å²) in [5.41, 5.74) is 2.11. The van der Waals surface area contributed by atoms with Gasteiger partial charge in [0.15, 0.2) is 0 Å². The summed E-state index contributed by atoms with van der Waals surface area (Å²) < 4.78 is 0. The molecule has 1 aliphatic heterocycles. The van der Waals surface area contributed by atoms with Crippen LogP contribution in [0.25, 0.3) is 0 Å². The maximum atomic E-state index is 12.1. The number of fused-ring (bicyclic) bond motifs is 1. The molecule has 102 valence electrons. The molecule has 19 heavy (non-hydrogen) atoms. The van der Waals surface area contributed by atoms with E-state index in [9.17, 15) is 4.79 Å². The molecule has 3 rings (SSSR count). The van der Waals surface area contributed by atoms with Crippen LogP contribution in [0, 0.1) is 12.8 Å². The Morgan fingerprint density at radius 2 is 2.05 bits per heavy atom. The number of carbonyl (C=O) groups is 1. The van der Waals surface area contributed by atoms with Crippen LogP contribution in [0.5, 0.6) is 0 Å². The number of nitrogens with zero attached hydrogens (tertiary/aromatic N) is 1. The average molecular weight is 258 g/mol. The lowest BCUT2D eigenvalue weighted by Gasteiger charge is -2.22. The van der Waals surface area contributed by atoms with E-state index in [2.05, 4.69) is 17.1 Å². The van der Waals surface area contributed by atoms with Gasteiger partial charge in [0.1, 0.15) is 0 Å². The molecule has 2 unspecified atom stereocenters. The van der Waals surface area contributed by atoms with Crippen molar-refractivity contribution in [1.82, 2.24) is 4.90 Å². The molecule has 1 amide bonds. The normalized spacial score (nSPS) is 26.4. The van der Waals surface area contributed by atoms with E-state index < -0.39 is 0 Å². The van der Waals surface area contributed by atoms with Crippen molar-refractivity contribution in [1.29, 1.82) is 0 Å². The summed E-state index contributed by atoms with van der Waals surface area (Å²) in [5.74, 6) is 0.976. The number of aryl methyl sites for hydroxylation is 1. The van der Waals surface area contributed by atoms with Gasteiger partial charge >= 0.3 is 0 Å². The highest BCUT2D eigenvalue weighted by atomic mass is 16.2. The number of rotatable bonds is 3. The molecule has 1 heterocycles. The van der Waals surface area contributed by atoms with Crippen molar-refractivity contribution >= 4 is 11.6 Å². The molecule has 3 nitrogen and oxygen atoms in total. The third kappa shape index (κ3) is 2.81. The second kappa shape index (κ2) is 5.33. The van der Waals surface area contributed by atoms with Gasteiger partial charge in [-0.1, -0.05) is 24.1 Å². The zero-order valence-electron chi connectivity index (χ0n) is 11.6. The van der Waals surface area contributed by atoms with Crippen LogP contribution in [0.4, 0.5) is 5.69 Å². The molecule has 1 aromatic rings. The molecule has 3 heteroatoms. The van der Waals surface area contributed by atoms with E-state index in [0.717, 1.165) is 18.2 Å². The number of amides is 1. The first-order valence-electron chi connectivity index (χ1n) is 7.33. The maximum absolute atomic E-state index is 12.1. The summed E-state index contributed by atoms with van der Waals surface area (Å²) in [6, 6.07) is 8.66. The fourth-order valence-corrected chi connectivity index (χ4v) is 3.55. The van der Waals surface area contributed by atoms with E-state index in [0.29, 0.717) is 12.6 Å². The van der Waals surface area contributed by atoms with Crippen molar-refractivity contribution < 1.29 is 4.79 Å². The zero-order chi connectivity index (χ0) is 13.2. The van der Waals surface area contributed by atoms with Gasteiger partial charge in [-0.15, -0.1) is 0 Å². The summed E-state index contributed by atoms with van der Waals surface area (Å²) >= 11 is 0. The van der Waals surface area contributed by atoms with Crippen LogP contribution in [-0.2, 0) is 4.79 Å². The Bertz CT molecular complexity index is 454. The summed E-state index contributed by atoms with van der Waals surface area (Å²) in [5, 5.41) is 3.00. The molecule has 2 fully saturated rings. The summed E-state index contributed by atoms with van der Waals surface area (Å²) in [4.78, 5) is 14.5. The molecule has 1 aliphatic carbocycles. The topological polar surface area (TPSA) is 32.3 Å². The molecule has 1 aromatic carbocycles. The molecule has 0 spiro atoms. The molecular formula is C16H22N2O. The SMILES string of the molecule is Cc1ccc(NC(=O)CN2CCC3CCCC32)cc1. The van der Waals surface area contributed by atoms with Crippen molar-refractivity contribution in [2.75, 3.05) is 18.4 Å². The average Bonchev–Trinajstić information content (AvgIpc) is 2.97. The lowest BCUT2D eigenvalue weighted by atomic mass is 10.0. The number of hydrogen-bond donors (Lipinski definition) is 1. The first-order valence-corrected chi connectivity index (χ1v) is 7.33. The van der Waals surface area contributed by atoms with Crippen molar-refractivity contribution in [2.24, 2.45) is 5.92 Å². The largest absolute Gasteiger partial charge is 0.325 e. The maximum Gasteiger partial charge on any atom is 0.238 e. The predicted molar refractivity (Wildman–Crippen MR) is 77.1 cm³/mol. The Kier molecular flexibility index (Phi) is 3.56. The molecule has 2 aliphatic rings. The van der Waals surface area contributed by atoms with Crippen molar-refractivity contribution in [3.8, 4) is 0 Å². The van der Waals surface area contributed by atoms with Gasteiger partial charge in [0.2, 0.25) is 5.91 Å². The van der Waals surface area contributed by atoms with Crippen molar-refractivity contribution in [2.45, 2.75) is 38.6 Å². The third-order valence-corrected chi connectivity index (χ3v) is 4.56. The number of likely N-dealkylation sites (tertiary alicyclic amines) is 1. The lowest BCUT2D eigenvalue weighted by molar-refractivity contribution is -0.117. The number of hydrogen-bond acceptors (Lipinski definition) is 2. The molecule has 1 N–H and O–H groups in total. The highest BCUT2D eigenvalue weighted by molar-refractivity contribution is 5.92. The van der Waals surface area contributed by atoms with Crippen LogP contribution in [0.15, 0.2) is 24.3 Å². The highest BCUT2D eigenvalue weighted by Gasteiger charge is 2.37. The van der Waals surface area contributed by atoms with Gasteiger partial charge in [0, 0.05) is 11.7 Å². The third-order valence-electron chi connectivity index (χ3n) is 4.56. The minimum Gasteiger partial charge on any atom is -0.325 e. The minimum atomic E-state index is 0.122. The van der Waals surface area contributed by atoms with Gasteiger partial charge in [-0.3, -0.25) is 9.69 Å². The Morgan fingerprint density at radius 1 is 1.26 bits per heavy atom. The van der Waals surface area contributed by atoms with Gasteiger partial charge in [0.25, 0.3) is 0 Å². The smallest absolute Gasteiger partial charge is 0.238 e. The molecule has 1 saturated heterocycles. The zero-order valence-corrected chi connectivity index (χ0v) is 11.6. The summed E-state index contributed by atoms with van der Waals surface area (Å²) in [7, 11) is 0. The van der Waals surface area contributed by atoms with Crippen LogP contribution >= 0.6 is 0 Å². The van der Waals surface area contributed by atoms with Gasteiger partial charge in [-0.05, 0) is 50.8 Å². The monoisotopic (exact) mass is 258 g/mol. The number of benzene rings is 1. The van der Waals surface area contributed by atoms with E-state index in [4.69, 9.17) is 0 Å². The van der Waals surface area contributed by atoms with E-state index in [-0.39, 0.29) is 5.91 Å². The fourth-order valence-electron chi connectivity index (χ4n) is 3.55. The van der Waals surface area contributed by atoms with Crippen LogP contribution < -0.4 is 5.32 Å². The van der Waals surface area contributed by atoms with Gasteiger partial charge in [-0.2, -0.15) is 0 Å². The highest BCUT2D eigenvalue weighted by Crippen LogP contribution is 2.37. The predicted octanol–water partition coefficient (Wildman–Crippen LogP) is 2.81. The van der Waals surface area contributed by atoms with E-state index in [1.807, 2.05) is 24.3 Å². The Balaban J connectivity index is 1.55. The molecule has 1 saturated carbocycles. The number of carbonyl (C=O) groups excluding carboxylic acids is 1. The lowest BCUT2D eigenvalue weighted by Crippen LogP contribution is -2.37. The Morgan fingerprint density at radius 3 is 2.84 bits per heavy atom. The fraction of sp³-hybridized carbons (Fsp3) is 0.562. The Hall–Kier alpha value is -1.35. The van der Waals surface area contributed by atoms with E-state index in [1.165, 1.54) is 31.2 Å². The second-order valence-corrected chi connectivity index (χ2v) is 5.93. The van der Waals surface area contributed by atoms with Gasteiger partial charge < -0.3 is 5.32 Å². The van der Waals surface area contributed by atoms with Crippen molar-refractivity contribution in [3.63, 3.8) is 0 Å². The van der Waals surface area contributed by atoms with E-state index in [1.54, 1.807) is 0 Å². The van der Waals surface area contributed by atoms with Crippen LogP contribution in [-0.4, -0.2) is 29.9 Å². The second-order valence-electron chi connectivity index (χ2n) is 5.93. The van der Waals surface area contributed by atoms with Crippen LogP contribution in [0.2, 0.25) is 0 Å². The van der Waals surface area contributed by atoms with Crippen LogP contribution in [0.1, 0.15) is 31.2 Å². The molecule has 0 radical (unpaired) electrons. The van der Waals surface area contributed by atoms with Gasteiger partial charge in [0.05, 0.1) is 6.54 Å². The van der Waals surface area contributed by atoms with Gasteiger partial charge in [-0.25, -0.2) is 0 Å². The van der Waals surface area contributed by atoms with Crippen molar-refractivity contribution in [3.05, 3.63) is 29.8 Å². The first kappa shape index (κ1) is 12.7. The van der Waals surface area contributed by atoms with E-state index >= 15 is 0 Å². The first-order chi connectivity index (χ1) is 9.22.